The molecule has 192 valence electrons. The Morgan fingerprint density at radius 1 is 0.846 bits per heavy atom. The van der Waals surface area contributed by atoms with Gasteiger partial charge in [0.15, 0.2) is 5.11 Å². The van der Waals surface area contributed by atoms with Gasteiger partial charge in [-0.15, -0.1) is 0 Å². The molecular weight excluding hydrogens is 502 g/mol. The third-order valence-electron chi connectivity index (χ3n) is 7.26. The molecule has 2 heterocycles. The molecule has 6 rings (SSSR count). The summed E-state index contributed by atoms with van der Waals surface area (Å²) < 4.78 is 2.17. The number of hydrogen-bond donors (Lipinski definition) is 1. The molecule has 39 heavy (non-hydrogen) atoms. The van der Waals surface area contributed by atoms with Crippen molar-refractivity contribution in [1.82, 2.24) is 9.88 Å². The summed E-state index contributed by atoms with van der Waals surface area (Å²) in [7, 11) is 0. The van der Waals surface area contributed by atoms with Gasteiger partial charge in [0, 0.05) is 29.2 Å². The Morgan fingerprint density at radius 2 is 1.54 bits per heavy atom. The lowest BCUT2D eigenvalue weighted by atomic mass is 10.0. The van der Waals surface area contributed by atoms with Crippen LogP contribution in [0.5, 0.6) is 0 Å². The monoisotopic (exact) mass is 529 g/mol. The number of thiocarbonyl (C=S) groups is 1. The van der Waals surface area contributed by atoms with Crippen LogP contribution in [-0.2, 0) is 16.1 Å². The number of nitrogens with zero attached hydrogens (tertiary/aromatic N) is 2. The molecule has 0 spiro atoms. The highest BCUT2D eigenvalue weighted by Gasteiger charge is 2.34. The van der Waals surface area contributed by atoms with Gasteiger partial charge < -0.3 is 4.57 Å². The minimum absolute atomic E-state index is 0.0459. The molecule has 5 nitrogen and oxygen atoms in total. The summed E-state index contributed by atoms with van der Waals surface area (Å²) >= 11 is 5.40. The van der Waals surface area contributed by atoms with Crippen LogP contribution >= 0.6 is 12.2 Å². The van der Waals surface area contributed by atoms with E-state index < -0.39 is 11.8 Å². The van der Waals surface area contributed by atoms with Crippen molar-refractivity contribution in [2.45, 2.75) is 26.3 Å². The molecule has 1 aromatic heterocycles. The van der Waals surface area contributed by atoms with E-state index in [1.165, 1.54) is 21.2 Å². The summed E-state index contributed by atoms with van der Waals surface area (Å²) in [5.41, 5.74) is 4.85. The fraction of sp³-hybridized carbons (Fsp3) is 0.121. The molecule has 4 aromatic carbocycles. The lowest BCUT2D eigenvalue weighted by Crippen LogP contribution is -2.54. The Labute approximate surface area is 232 Å². The van der Waals surface area contributed by atoms with Crippen molar-refractivity contribution in [3.63, 3.8) is 0 Å². The Bertz CT molecular complexity index is 1790. The van der Waals surface area contributed by atoms with Gasteiger partial charge in [0.1, 0.15) is 5.57 Å². The van der Waals surface area contributed by atoms with Crippen molar-refractivity contribution >= 4 is 62.6 Å². The zero-order valence-corrected chi connectivity index (χ0v) is 22.5. The summed E-state index contributed by atoms with van der Waals surface area (Å²) in [5, 5.41) is 6.14. The van der Waals surface area contributed by atoms with Gasteiger partial charge in [0.2, 0.25) is 0 Å². The molecule has 1 aliphatic rings. The molecule has 0 bridgehead atoms. The second kappa shape index (κ2) is 9.97. The molecule has 0 saturated carbocycles. The molecule has 1 aliphatic heterocycles. The average Bonchev–Trinajstić information content (AvgIpc) is 3.28. The summed E-state index contributed by atoms with van der Waals surface area (Å²) in [4.78, 5) is 28.0. The Balaban J connectivity index is 1.40. The van der Waals surface area contributed by atoms with Crippen molar-refractivity contribution in [3.05, 3.63) is 119 Å². The van der Waals surface area contributed by atoms with Crippen LogP contribution in [0, 0.1) is 0 Å². The molecular formula is C33H27N3O2S. The van der Waals surface area contributed by atoms with Crippen LogP contribution in [0.25, 0.3) is 27.8 Å². The second-order valence-electron chi connectivity index (χ2n) is 10.1. The van der Waals surface area contributed by atoms with Gasteiger partial charge in [-0.2, -0.15) is 0 Å². The first-order valence-corrected chi connectivity index (χ1v) is 13.4. The number of nitrogens with one attached hydrogen (secondary N) is 1. The van der Waals surface area contributed by atoms with Crippen molar-refractivity contribution in [2.24, 2.45) is 0 Å². The Morgan fingerprint density at radius 3 is 2.31 bits per heavy atom. The van der Waals surface area contributed by atoms with E-state index in [1.54, 1.807) is 6.08 Å². The van der Waals surface area contributed by atoms with Crippen LogP contribution in [0.1, 0.15) is 36.5 Å². The average molecular weight is 530 g/mol. The lowest BCUT2D eigenvalue weighted by Gasteiger charge is -2.29. The lowest BCUT2D eigenvalue weighted by molar-refractivity contribution is -0.122. The number of rotatable bonds is 5. The molecule has 0 unspecified atom stereocenters. The number of anilines is 1. The molecule has 6 heteroatoms. The largest absolute Gasteiger partial charge is 0.342 e. The number of hydrogen-bond acceptors (Lipinski definition) is 3. The van der Waals surface area contributed by atoms with E-state index in [0.717, 1.165) is 22.0 Å². The van der Waals surface area contributed by atoms with E-state index in [0.29, 0.717) is 18.2 Å². The van der Waals surface area contributed by atoms with Crippen LogP contribution in [0.15, 0.2) is 103 Å². The molecule has 0 radical (unpaired) electrons. The maximum Gasteiger partial charge on any atom is 0.270 e. The third kappa shape index (κ3) is 4.53. The summed E-state index contributed by atoms with van der Waals surface area (Å²) in [6.45, 7) is 4.89. The van der Waals surface area contributed by atoms with Crippen molar-refractivity contribution in [1.29, 1.82) is 0 Å². The van der Waals surface area contributed by atoms with Crippen LogP contribution < -0.4 is 10.2 Å². The first-order valence-electron chi connectivity index (χ1n) is 13.0. The highest BCUT2D eigenvalue weighted by atomic mass is 32.1. The van der Waals surface area contributed by atoms with E-state index in [9.17, 15) is 9.59 Å². The zero-order valence-electron chi connectivity index (χ0n) is 21.7. The van der Waals surface area contributed by atoms with Crippen LogP contribution in [0.3, 0.4) is 0 Å². The van der Waals surface area contributed by atoms with Gasteiger partial charge in [0.25, 0.3) is 11.8 Å². The molecule has 1 fully saturated rings. The molecule has 1 saturated heterocycles. The normalized spacial score (nSPS) is 15.1. The number of fused-ring (bicyclic) bond motifs is 2. The Hall–Kier alpha value is -4.55. The van der Waals surface area contributed by atoms with Gasteiger partial charge in [-0.3, -0.25) is 19.8 Å². The van der Waals surface area contributed by atoms with Crippen LogP contribution in [-0.4, -0.2) is 21.5 Å². The zero-order chi connectivity index (χ0) is 27.1. The summed E-state index contributed by atoms with van der Waals surface area (Å²) in [5.74, 6) is -0.567. The second-order valence-corrected chi connectivity index (χ2v) is 10.5. The molecule has 2 amide bonds. The van der Waals surface area contributed by atoms with Crippen LogP contribution in [0.4, 0.5) is 5.69 Å². The minimum atomic E-state index is -0.495. The predicted molar refractivity (Wildman–Crippen MR) is 162 cm³/mol. The van der Waals surface area contributed by atoms with Gasteiger partial charge in [-0.1, -0.05) is 86.6 Å². The number of benzene rings is 4. The fourth-order valence-corrected chi connectivity index (χ4v) is 5.47. The van der Waals surface area contributed by atoms with Gasteiger partial charge >= 0.3 is 0 Å². The molecule has 0 aliphatic carbocycles. The standard InChI is InChI=1S/C33H27N3O2S/c1-21(2)22-14-16-26(17-15-22)36-32(38)29(31(37)34-33(36)39)18-25-20-35(30-13-6-5-12-28(25)30)19-24-10-7-9-23-8-3-4-11-27(23)24/h3-18,20-21H,19H2,1-2H3,(H,34,37,39)/b29-18+. The topological polar surface area (TPSA) is 54.3 Å². The molecule has 5 aromatic rings. The van der Waals surface area contributed by atoms with Crippen LogP contribution in [0.2, 0.25) is 0 Å². The predicted octanol–water partition coefficient (Wildman–Crippen LogP) is 6.80. The van der Waals surface area contributed by atoms with Crippen molar-refractivity contribution in [3.8, 4) is 0 Å². The number of aromatic nitrogens is 1. The molecule has 0 atom stereocenters. The minimum Gasteiger partial charge on any atom is -0.342 e. The maximum atomic E-state index is 13.7. The quantitative estimate of drug-likeness (QED) is 0.155. The van der Waals surface area contributed by atoms with E-state index in [-0.39, 0.29) is 10.7 Å². The van der Waals surface area contributed by atoms with Gasteiger partial charge in [-0.25, -0.2) is 0 Å². The first kappa shape index (κ1) is 24.8. The Kier molecular flexibility index (Phi) is 6.33. The highest BCUT2D eigenvalue weighted by molar-refractivity contribution is 7.80. The van der Waals surface area contributed by atoms with Crippen molar-refractivity contribution < 1.29 is 9.59 Å². The van der Waals surface area contributed by atoms with Crippen molar-refractivity contribution in [2.75, 3.05) is 4.90 Å². The first-order chi connectivity index (χ1) is 18.9. The number of amides is 2. The van der Waals surface area contributed by atoms with E-state index in [1.807, 2.05) is 54.7 Å². The summed E-state index contributed by atoms with van der Waals surface area (Å²) in [6, 6.07) is 30.4. The van der Waals surface area contributed by atoms with E-state index in [4.69, 9.17) is 12.2 Å². The van der Waals surface area contributed by atoms with E-state index in [2.05, 4.69) is 66.2 Å². The number of carbonyl (C=O) groups is 2. The van der Waals surface area contributed by atoms with E-state index >= 15 is 0 Å². The number of para-hydroxylation sites is 1. The van der Waals surface area contributed by atoms with Gasteiger partial charge in [0.05, 0.1) is 5.69 Å². The SMILES string of the molecule is CC(C)c1ccc(N2C(=O)/C(=C/c3cn(Cc4cccc5ccccc45)c4ccccc34)C(=O)NC2=S)cc1. The fourth-order valence-electron chi connectivity index (χ4n) is 5.19. The summed E-state index contributed by atoms with van der Waals surface area (Å²) in [6.07, 6.45) is 3.69. The molecule has 1 N–H and O–H groups in total. The van der Waals surface area contributed by atoms with Gasteiger partial charge in [-0.05, 0) is 64.3 Å². The number of carbonyl (C=O) groups excluding carboxylic acids is 2. The smallest absolute Gasteiger partial charge is 0.270 e. The third-order valence-corrected chi connectivity index (χ3v) is 7.54. The highest BCUT2D eigenvalue weighted by Crippen LogP contribution is 2.29. The maximum absolute atomic E-state index is 13.7.